The van der Waals surface area contributed by atoms with Crippen LogP contribution in [0.1, 0.15) is 17.4 Å². The molecule has 2 heterocycles. The number of carbonyl (C=O) groups excluding carboxylic acids is 1. The van der Waals surface area contributed by atoms with E-state index in [4.69, 9.17) is 4.74 Å². The van der Waals surface area contributed by atoms with E-state index in [0.29, 0.717) is 17.4 Å². The number of hydrogen-bond donors (Lipinski definition) is 2. The molecule has 1 amide bonds. The quantitative estimate of drug-likeness (QED) is 0.758. The first-order valence-electron chi connectivity index (χ1n) is 6.76. The molecule has 2 aromatic heterocycles. The molecule has 2 N–H and O–H groups in total. The van der Waals surface area contributed by atoms with Gasteiger partial charge in [-0.15, -0.1) is 11.3 Å². The zero-order valence-electron chi connectivity index (χ0n) is 11.9. The molecule has 3 aromatic rings. The Morgan fingerprint density at radius 3 is 3.00 bits per heavy atom. The van der Waals surface area contributed by atoms with Crippen LogP contribution in [0.3, 0.4) is 0 Å². The molecule has 0 saturated carbocycles. The molecule has 0 atom stereocenters. The van der Waals surface area contributed by atoms with E-state index >= 15 is 0 Å². The molecule has 6 nitrogen and oxygen atoms in total. The zero-order chi connectivity index (χ0) is 15.4. The van der Waals surface area contributed by atoms with Crippen molar-refractivity contribution in [3.05, 3.63) is 47.6 Å². The molecular formula is C15H14N4O2S. The average Bonchev–Trinajstić information content (AvgIpc) is 3.19. The fourth-order valence-electron chi connectivity index (χ4n) is 1.96. The number of ether oxygens (including phenoxy) is 1. The Kier molecular flexibility index (Phi) is 4.15. The van der Waals surface area contributed by atoms with E-state index in [2.05, 4.69) is 20.5 Å². The van der Waals surface area contributed by atoms with Crippen LogP contribution in [0.25, 0.3) is 11.3 Å². The van der Waals surface area contributed by atoms with E-state index in [1.54, 1.807) is 6.07 Å². The predicted molar refractivity (Wildman–Crippen MR) is 85.3 cm³/mol. The number of nitrogens with one attached hydrogen (secondary N) is 2. The minimum atomic E-state index is -0.267. The summed E-state index contributed by atoms with van der Waals surface area (Å²) in [7, 11) is 0. The van der Waals surface area contributed by atoms with Crippen molar-refractivity contribution in [2.24, 2.45) is 0 Å². The van der Waals surface area contributed by atoms with Gasteiger partial charge in [0.2, 0.25) is 0 Å². The molecule has 0 radical (unpaired) electrons. The van der Waals surface area contributed by atoms with Gasteiger partial charge in [-0.2, -0.15) is 5.10 Å². The third-order valence-corrected chi connectivity index (χ3v) is 3.69. The van der Waals surface area contributed by atoms with Crippen LogP contribution in [0.15, 0.2) is 41.9 Å². The van der Waals surface area contributed by atoms with Crippen molar-refractivity contribution < 1.29 is 9.53 Å². The number of anilines is 1. The van der Waals surface area contributed by atoms with E-state index in [1.807, 2.05) is 36.6 Å². The lowest BCUT2D eigenvalue weighted by Gasteiger charge is -2.07. The van der Waals surface area contributed by atoms with Crippen molar-refractivity contribution in [1.29, 1.82) is 0 Å². The number of rotatable bonds is 5. The number of thiazole rings is 1. The standard InChI is InChI=1S/C15H14N4O2S/c1-2-21-13-6-4-3-5-10(13)12-9-22-15(17-12)18-14(20)11-7-8-16-19-11/h3-9H,2H2,1H3,(H,16,19)(H,17,18,20). The van der Waals surface area contributed by atoms with Crippen molar-refractivity contribution in [2.75, 3.05) is 11.9 Å². The highest BCUT2D eigenvalue weighted by atomic mass is 32.1. The normalized spacial score (nSPS) is 10.4. The highest BCUT2D eigenvalue weighted by molar-refractivity contribution is 7.14. The number of aromatic nitrogens is 3. The molecule has 0 aliphatic rings. The number of benzene rings is 1. The number of amides is 1. The molecule has 0 spiro atoms. The maximum atomic E-state index is 12.0. The Bertz CT molecular complexity index is 767. The van der Waals surface area contributed by atoms with Crippen molar-refractivity contribution >= 4 is 22.4 Å². The summed E-state index contributed by atoms with van der Waals surface area (Å²) < 4.78 is 5.60. The highest BCUT2D eigenvalue weighted by Crippen LogP contribution is 2.32. The topological polar surface area (TPSA) is 79.9 Å². The molecule has 112 valence electrons. The summed E-state index contributed by atoms with van der Waals surface area (Å²) in [5.41, 5.74) is 2.07. The lowest BCUT2D eigenvalue weighted by Crippen LogP contribution is -2.12. The largest absolute Gasteiger partial charge is 0.493 e. The predicted octanol–water partition coefficient (Wildman–Crippen LogP) is 3.18. The average molecular weight is 314 g/mol. The van der Waals surface area contributed by atoms with E-state index < -0.39 is 0 Å². The fraction of sp³-hybridized carbons (Fsp3) is 0.133. The van der Waals surface area contributed by atoms with Crippen molar-refractivity contribution in [1.82, 2.24) is 15.2 Å². The van der Waals surface area contributed by atoms with Gasteiger partial charge in [0, 0.05) is 17.1 Å². The summed E-state index contributed by atoms with van der Waals surface area (Å²) >= 11 is 1.36. The fourth-order valence-corrected chi connectivity index (χ4v) is 2.67. The van der Waals surface area contributed by atoms with Gasteiger partial charge in [-0.05, 0) is 25.1 Å². The number of para-hydroxylation sites is 1. The molecule has 22 heavy (non-hydrogen) atoms. The van der Waals surface area contributed by atoms with Gasteiger partial charge in [0.25, 0.3) is 5.91 Å². The molecular weight excluding hydrogens is 300 g/mol. The van der Waals surface area contributed by atoms with E-state index in [9.17, 15) is 4.79 Å². The number of aromatic amines is 1. The van der Waals surface area contributed by atoms with Crippen LogP contribution < -0.4 is 10.1 Å². The zero-order valence-corrected chi connectivity index (χ0v) is 12.7. The molecule has 0 fully saturated rings. The molecule has 0 bridgehead atoms. The summed E-state index contributed by atoms with van der Waals surface area (Å²) in [6.07, 6.45) is 1.53. The van der Waals surface area contributed by atoms with Crippen LogP contribution in [-0.4, -0.2) is 27.7 Å². The third kappa shape index (κ3) is 2.99. The maximum Gasteiger partial charge on any atom is 0.275 e. The number of H-pyrrole nitrogens is 1. The number of nitrogens with zero attached hydrogens (tertiary/aromatic N) is 2. The maximum absolute atomic E-state index is 12.0. The van der Waals surface area contributed by atoms with Crippen molar-refractivity contribution in [2.45, 2.75) is 6.92 Å². The first kappa shape index (κ1) is 14.3. The van der Waals surface area contributed by atoms with Gasteiger partial charge in [0.05, 0.1) is 12.3 Å². The van der Waals surface area contributed by atoms with E-state index in [-0.39, 0.29) is 5.91 Å². The van der Waals surface area contributed by atoms with Gasteiger partial charge < -0.3 is 4.74 Å². The van der Waals surface area contributed by atoms with Crippen molar-refractivity contribution in [3.63, 3.8) is 0 Å². The Morgan fingerprint density at radius 2 is 2.23 bits per heavy atom. The van der Waals surface area contributed by atoms with Crippen LogP contribution in [0, 0.1) is 0 Å². The summed E-state index contributed by atoms with van der Waals surface area (Å²) in [5, 5.41) is 11.5. The molecule has 0 aliphatic heterocycles. The van der Waals surface area contributed by atoms with Gasteiger partial charge in [-0.3, -0.25) is 15.2 Å². The van der Waals surface area contributed by atoms with Gasteiger partial charge in [0.15, 0.2) is 5.13 Å². The highest BCUT2D eigenvalue weighted by Gasteiger charge is 2.13. The van der Waals surface area contributed by atoms with Gasteiger partial charge in [-0.1, -0.05) is 12.1 Å². The second-order valence-electron chi connectivity index (χ2n) is 4.39. The van der Waals surface area contributed by atoms with Crippen LogP contribution >= 0.6 is 11.3 Å². The summed E-state index contributed by atoms with van der Waals surface area (Å²) in [4.78, 5) is 16.4. The Balaban J connectivity index is 1.81. The van der Waals surface area contributed by atoms with Crippen LogP contribution in [-0.2, 0) is 0 Å². The third-order valence-electron chi connectivity index (χ3n) is 2.93. The first-order valence-corrected chi connectivity index (χ1v) is 7.64. The number of hydrogen-bond acceptors (Lipinski definition) is 5. The molecule has 0 unspecified atom stereocenters. The Hall–Kier alpha value is -2.67. The Morgan fingerprint density at radius 1 is 1.36 bits per heavy atom. The molecule has 0 saturated heterocycles. The summed E-state index contributed by atoms with van der Waals surface area (Å²) in [5.74, 6) is 0.512. The molecule has 0 aliphatic carbocycles. The minimum Gasteiger partial charge on any atom is -0.493 e. The van der Waals surface area contributed by atoms with E-state index in [0.717, 1.165) is 17.0 Å². The van der Waals surface area contributed by atoms with Crippen LogP contribution in [0.2, 0.25) is 0 Å². The van der Waals surface area contributed by atoms with Gasteiger partial charge in [0.1, 0.15) is 11.4 Å². The SMILES string of the molecule is CCOc1ccccc1-c1csc(NC(=O)c2ccn[nH]2)n1. The van der Waals surface area contributed by atoms with E-state index in [1.165, 1.54) is 17.5 Å². The summed E-state index contributed by atoms with van der Waals surface area (Å²) in [6.45, 7) is 2.53. The van der Waals surface area contributed by atoms with Crippen molar-refractivity contribution in [3.8, 4) is 17.0 Å². The monoisotopic (exact) mass is 314 g/mol. The van der Waals surface area contributed by atoms with Crippen LogP contribution in [0.5, 0.6) is 5.75 Å². The summed E-state index contributed by atoms with van der Waals surface area (Å²) in [6, 6.07) is 9.30. The molecule has 3 rings (SSSR count). The van der Waals surface area contributed by atoms with Gasteiger partial charge in [-0.25, -0.2) is 4.98 Å². The minimum absolute atomic E-state index is 0.267. The van der Waals surface area contributed by atoms with Gasteiger partial charge >= 0.3 is 0 Å². The molecule has 1 aromatic carbocycles. The first-order chi connectivity index (χ1) is 10.8. The second kappa shape index (κ2) is 6.40. The lowest BCUT2D eigenvalue weighted by atomic mass is 10.1. The Labute approximate surface area is 131 Å². The second-order valence-corrected chi connectivity index (χ2v) is 5.25. The number of carbonyl (C=O) groups is 1. The van der Waals surface area contributed by atoms with Crippen LogP contribution in [0.4, 0.5) is 5.13 Å². The molecule has 7 heteroatoms. The smallest absolute Gasteiger partial charge is 0.275 e. The lowest BCUT2D eigenvalue weighted by molar-refractivity contribution is 0.102.